The number of H-pyrrole nitrogens is 1. The Bertz CT molecular complexity index is 479. The Morgan fingerprint density at radius 3 is 2.79 bits per heavy atom. The number of hydrogen-bond donors (Lipinski definition) is 1. The topological polar surface area (TPSA) is 52.5 Å². The summed E-state index contributed by atoms with van der Waals surface area (Å²) in [5.41, 5.74) is 2.09. The van der Waals surface area contributed by atoms with Crippen LogP contribution in [-0.2, 0) is 0 Å². The summed E-state index contributed by atoms with van der Waals surface area (Å²) in [6.07, 6.45) is 3.12. The van der Waals surface area contributed by atoms with E-state index in [1.165, 1.54) is 12.3 Å². The molecule has 0 bridgehead atoms. The van der Waals surface area contributed by atoms with Gasteiger partial charge >= 0.3 is 0 Å². The van der Waals surface area contributed by atoms with Crippen molar-refractivity contribution in [2.75, 3.05) is 0 Å². The van der Waals surface area contributed by atoms with E-state index in [-0.39, 0.29) is 0 Å². The molecule has 2 aromatic heterocycles. The Hall–Kier alpha value is -2.15. The lowest BCUT2D eigenvalue weighted by Crippen LogP contribution is -1.81. The zero-order valence-electron chi connectivity index (χ0n) is 7.16. The lowest BCUT2D eigenvalue weighted by atomic mass is 10.1. The van der Waals surface area contributed by atoms with Crippen molar-refractivity contribution in [3.63, 3.8) is 0 Å². The van der Waals surface area contributed by atoms with Crippen LogP contribution in [0.15, 0.2) is 30.6 Å². The minimum Gasteiger partial charge on any atom is -0.352 e. The first-order chi connectivity index (χ1) is 6.79. The summed E-state index contributed by atoms with van der Waals surface area (Å²) in [4.78, 5) is 6.31. The Balaban J connectivity index is 2.40. The van der Waals surface area contributed by atoms with Gasteiger partial charge < -0.3 is 4.98 Å². The van der Waals surface area contributed by atoms with Gasteiger partial charge in [0.2, 0.25) is 5.95 Å². The van der Waals surface area contributed by atoms with Gasteiger partial charge in [0.1, 0.15) is 11.8 Å². The highest BCUT2D eigenvalue weighted by molar-refractivity contribution is 5.63. The fourth-order valence-corrected chi connectivity index (χ4v) is 1.17. The number of nitrogens with zero attached hydrogens (tertiary/aromatic N) is 2. The maximum absolute atomic E-state index is 12.5. The van der Waals surface area contributed by atoms with Crippen molar-refractivity contribution in [1.82, 2.24) is 9.97 Å². The van der Waals surface area contributed by atoms with E-state index in [0.29, 0.717) is 5.69 Å². The molecular weight excluding hydrogens is 181 g/mol. The molecule has 1 N–H and O–H groups in total. The highest BCUT2D eigenvalue weighted by Gasteiger charge is 2.01. The van der Waals surface area contributed by atoms with Crippen molar-refractivity contribution >= 4 is 0 Å². The standard InChI is InChI=1S/C10H6FN3/c11-10-2-1-7(5-14-10)8-3-9(4-12)13-6-8/h1-3,5-6,13H. The number of aromatic amines is 1. The summed E-state index contributed by atoms with van der Waals surface area (Å²) in [6, 6.07) is 6.57. The van der Waals surface area contributed by atoms with E-state index in [2.05, 4.69) is 9.97 Å². The van der Waals surface area contributed by atoms with Gasteiger partial charge in [0.15, 0.2) is 0 Å². The number of rotatable bonds is 1. The van der Waals surface area contributed by atoms with Crippen LogP contribution in [0.2, 0.25) is 0 Å². The molecule has 0 unspecified atom stereocenters. The van der Waals surface area contributed by atoms with E-state index >= 15 is 0 Å². The van der Waals surface area contributed by atoms with Gasteiger partial charge in [-0.1, -0.05) is 0 Å². The van der Waals surface area contributed by atoms with Gasteiger partial charge in [0.25, 0.3) is 0 Å². The summed E-state index contributed by atoms with van der Waals surface area (Å²) in [5, 5.41) is 8.59. The van der Waals surface area contributed by atoms with Crippen LogP contribution in [0.1, 0.15) is 5.69 Å². The molecule has 0 aliphatic carbocycles. The van der Waals surface area contributed by atoms with Crippen molar-refractivity contribution in [2.45, 2.75) is 0 Å². The molecule has 2 rings (SSSR count). The third kappa shape index (κ3) is 1.48. The molecule has 68 valence electrons. The fraction of sp³-hybridized carbons (Fsp3) is 0. The molecule has 0 saturated heterocycles. The maximum Gasteiger partial charge on any atom is 0.212 e. The Labute approximate surface area is 79.8 Å². The van der Waals surface area contributed by atoms with Crippen molar-refractivity contribution in [3.8, 4) is 17.2 Å². The molecule has 2 aromatic rings. The second-order valence-electron chi connectivity index (χ2n) is 2.78. The van der Waals surface area contributed by atoms with Crippen LogP contribution in [0.25, 0.3) is 11.1 Å². The van der Waals surface area contributed by atoms with Crippen LogP contribution in [0.5, 0.6) is 0 Å². The van der Waals surface area contributed by atoms with Crippen LogP contribution >= 0.6 is 0 Å². The molecule has 14 heavy (non-hydrogen) atoms. The van der Waals surface area contributed by atoms with Gasteiger partial charge in [-0.05, 0) is 18.2 Å². The maximum atomic E-state index is 12.5. The smallest absolute Gasteiger partial charge is 0.212 e. The third-order valence-electron chi connectivity index (χ3n) is 1.86. The molecule has 0 radical (unpaired) electrons. The molecule has 0 aliphatic heterocycles. The van der Waals surface area contributed by atoms with E-state index in [0.717, 1.165) is 11.1 Å². The number of pyridine rings is 1. The van der Waals surface area contributed by atoms with Crippen molar-refractivity contribution < 1.29 is 4.39 Å². The largest absolute Gasteiger partial charge is 0.352 e. The molecule has 3 nitrogen and oxygen atoms in total. The van der Waals surface area contributed by atoms with Gasteiger partial charge in [-0.3, -0.25) is 0 Å². The molecule has 0 amide bonds. The summed E-state index contributed by atoms with van der Waals surface area (Å²) < 4.78 is 12.5. The fourth-order valence-electron chi connectivity index (χ4n) is 1.17. The molecule has 0 aliphatic rings. The number of nitriles is 1. The van der Waals surface area contributed by atoms with Crippen molar-refractivity contribution in [1.29, 1.82) is 5.26 Å². The number of nitrogens with one attached hydrogen (secondary N) is 1. The molecule has 0 spiro atoms. The van der Waals surface area contributed by atoms with Crippen LogP contribution in [0.3, 0.4) is 0 Å². The second-order valence-corrected chi connectivity index (χ2v) is 2.78. The first-order valence-electron chi connectivity index (χ1n) is 4.00. The molecule has 4 heteroatoms. The Morgan fingerprint density at radius 2 is 2.21 bits per heavy atom. The van der Waals surface area contributed by atoms with E-state index in [1.807, 2.05) is 6.07 Å². The first kappa shape index (κ1) is 8.45. The van der Waals surface area contributed by atoms with Gasteiger partial charge in [-0.2, -0.15) is 9.65 Å². The lowest BCUT2D eigenvalue weighted by molar-refractivity contribution is 0.584. The monoisotopic (exact) mass is 187 g/mol. The zero-order valence-corrected chi connectivity index (χ0v) is 7.16. The highest BCUT2D eigenvalue weighted by Crippen LogP contribution is 2.18. The number of hydrogen-bond acceptors (Lipinski definition) is 2. The quantitative estimate of drug-likeness (QED) is 0.695. The molecule has 0 atom stereocenters. The number of halogens is 1. The second kappa shape index (κ2) is 3.30. The molecule has 0 fully saturated rings. The lowest BCUT2D eigenvalue weighted by Gasteiger charge is -1.94. The van der Waals surface area contributed by atoms with E-state index in [1.54, 1.807) is 18.3 Å². The zero-order chi connectivity index (χ0) is 9.97. The van der Waals surface area contributed by atoms with Crippen molar-refractivity contribution in [2.24, 2.45) is 0 Å². The molecule has 2 heterocycles. The predicted octanol–water partition coefficient (Wildman–Crippen LogP) is 2.09. The van der Waals surface area contributed by atoms with Crippen molar-refractivity contribution in [3.05, 3.63) is 42.2 Å². The molecular formula is C10H6FN3. The van der Waals surface area contributed by atoms with Crippen LogP contribution < -0.4 is 0 Å². The Kier molecular flexibility index (Phi) is 1.99. The molecule has 0 saturated carbocycles. The van der Waals surface area contributed by atoms with Gasteiger partial charge in [0, 0.05) is 23.5 Å². The van der Waals surface area contributed by atoms with Gasteiger partial charge in [0.05, 0.1) is 0 Å². The average molecular weight is 187 g/mol. The highest BCUT2D eigenvalue weighted by atomic mass is 19.1. The summed E-state index contributed by atoms with van der Waals surface area (Å²) >= 11 is 0. The average Bonchev–Trinajstić information content (AvgIpc) is 2.67. The van der Waals surface area contributed by atoms with Gasteiger partial charge in [-0.25, -0.2) is 4.98 Å². The third-order valence-corrected chi connectivity index (χ3v) is 1.86. The van der Waals surface area contributed by atoms with Gasteiger partial charge in [-0.15, -0.1) is 0 Å². The first-order valence-corrected chi connectivity index (χ1v) is 4.00. The summed E-state index contributed by atoms with van der Waals surface area (Å²) in [7, 11) is 0. The molecule has 0 aromatic carbocycles. The van der Waals surface area contributed by atoms with E-state index < -0.39 is 5.95 Å². The predicted molar refractivity (Wildman–Crippen MR) is 48.7 cm³/mol. The minimum absolute atomic E-state index is 0.476. The van der Waals surface area contributed by atoms with E-state index in [9.17, 15) is 4.39 Å². The minimum atomic E-state index is -0.509. The van der Waals surface area contributed by atoms with Crippen LogP contribution in [-0.4, -0.2) is 9.97 Å². The van der Waals surface area contributed by atoms with E-state index in [4.69, 9.17) is 5.26 Å². The summed E-state index contributed by atoms with van der Waals surface area (Å²) in [5.74, 6) is -0.509. The Morgan fingerprint density at radius 1 is 1.36 bits per heavy atom. The normalized spacial score (nSPS) is 9.71. The summed E-state index contributed by atoms with van der Waals surface area (Å²) in [6.45, 7) is 0. The SMILES string of the molecule is N#Cc1cc(-c2ccc(F)nc2)c[nH]1. The van der Waals surface area contributed by atoms with Crippen LogP contribution in [0, 0.1) is 17.3 Å². The van der Waals surface area contributed by atoms with Crippen LogP contribution in [0.4, 0.5) is 4.39 Å². The number of aromatic nitrogens is 2.